The third-order valence-electron chi connectivity index (χ3n) is 4.02. The number of piperidine rings is 1. The van der Waals surface area contributed by atoms with E-state index in [4.69, 9.17) is 4.74 Å². The Morgan fingerprint density at radius 3 is 2.86 bits per heavy atom. The molecule has 2 heterocycles. The SMILES string of the molecule is O=[N+]([O-])c1cc2c(cc1OCCN1CCCCC1)CN=C2. The first-order valence-electron chi connectivity index (χ1n) is 7.40. The van der Waals surface area contributed by atoms with Crippen LogP contribution in [0.4, 0.5) is 5.69 Å². The van der Waals surface area contributed by atoms with Gasteiger partial charge in [-0.3, -0.25) is 20.0 Å². The van der Waals surface area contributed by atoms with Gasteiger partial charge in [-0.1, -0.05) is 6.42 Å². The van der Waals surface area contributed by atoms with Gasteiger partial charge in [0.15, 0.2) is 5.75 Å². The van der Waals surface area contributed by atoms with Crippen LogP contribution in [0.15, 0.2) is 17.1 Å². The van der Waals surface area contributed by atoms with Crippen LogP contribution in [0.25, 0.3) is 0 Å². The van der Waals surface area contributed by atoms with E-state index >= 15 is 0 Å². The lowest BCUT2D eigenvalue weighted by Crippen LogP contribution is -2.33. The predicted molar refractivity (Wildman–Crippen MR) is 80.2 cm³/mol. The van der Waals surface area contributed by atoms with Gasteiger partial charge < -0.3 is 4.74 Å². The molecule has 0 N–H and O–H groups in total. The second-order valence-corrected chi connectivity index (χ2v) is 5.50. The van der Waals surface area contributed by atoms with Crippen LogP contribution in [0.5, 0.6) is 5.75 Å². The van der Waals surface area contributed by atoms with Crippen molar-refractivity contribution < 1.29 is 9.66 Å². The average molecular weight is 289 g/mol. The Kier molecular flexibility index (Phi) is 4.15. The molecule has 1 saturated heterocycles. The van der Waals surface area contributed by atoms with Crippen molar-refractivity contribution in [3.63, 3.8) is 0 Å². The zero-order chi connectivity index (χ0) is 14.7. The summed E-state index contributed by atoms with van der Waals surface area (Å²) in [7, 11) is 0. The number of hydrogen-bond donors (Lipinski definition) is 0. The maximum absolute atomic E-state index is 11.2. The average Bonchev–Trinajstić information content (AvgIpc) is 2.94. The first-order valence-corrected chi connectivity index (χ1v) is 7.40. The minimum atomic E-state index is -0.386. The maximum Gasteiger partial charge on any atom is 0.311 e. The summed E-state index contributed by atoms with van der Waals surface area (Å²) < 4.78 is 5.69. The van der Waals surface area contributed by atoms with E-state index in [0.29, 0.717) is 18.9 Å². The fourth-order valence-electron chi connectivity index (χ4n) is 2.85. The summed E-state index contributed by atoms with van der Waals surface area (Å²) in [4.78, 5) is 17.3. The number of nitrogens with zero attached hydrogens (tertiary/aromatic N) is 3. The molecule has 3 rings (SSSR count). The molecule has 0 spiro atoms. The van der Waals surface area contributed by atoms with Crippen molar-refractivity contribution in [3.8, 4) is 5.75 Å². The number of likely N-dealkylation sites (tertiary alicyclic amines) is 1. The van der Waals surface area contributed by atoms with Crippen LogP contribution < -0.4 is 4.74 Å². The standard InChI is InChI=1S/C15H19N3O3/c19-18(20)14-8-12-10-16-11-13(12)9-15(14)21-7-6-17-4-2-1-3-5-17/h8-10H,1-7,11H2. The van der Waals surface area contributed by atoms with Gasteiger partial charge >= 0.3 is 5.69 Å². The van der Waals surface area contributed by atoms with Gasteiger partial charge in [0.1, 0.15) is 6.61 Å². The highest BCUT2D eigenvalue weighted by atomic mass is 16.6. The Balaban J connectivity index is 1.65. The first kappa shape index (κ1) is 14.0. The van der Waals surface area contributed by atoms with E-state index in [0.717, 1.165) is 30.8 Å². The fraction of sp³-hybridized carbons (Fsp3) is 0.533. The number of hydrogen-bond acceptors (Lipinski definition) is 5. The fourth-order valence-corrected chi connectivity index (χ4v) is 2.85. The lowest BCUT2D eigenvalue weighted by atomic mass is 10.1. The van der Waals surface area contributed by atoms with Crippen LogP contribution in [-0.4, -0.2) is 42.3 Å². The zero-order valence-electron chi connectivity index (χ0n) is 12.0. The first-order chi connectivity index (χ1) is 10.2. The molecule has 0 bridgehead atoms. The Hall–Kier alpha value is -1.95. The monoisotopic (exact) mass is 289 g/mol. The molecule has 112 valence electrons. The number of nitro groups is 1. The second-order valence-electron chi connectivity index (χ2n) is 5.50. The molecule has 6 heteroatoms. The van der Waals surface area contributed by atoms with Gasteiger partial charge in [0, 0.05) is 24.4 Å². The molecule has 0 unspecified atom stereocenters. The van der Waals surface area contributed by atoms with Gasteiger partial charge in [-0.25, -0.2) is 0 Å². The highest BCUT2D eigenvalue weighted by Crippen LogP contribution is 2.32. The summed E-state index contributed by atoms with van der Waals surface area (Å²) in [6.07, 6.45) is 5.44. The largest absolute Gasteiger partial charge is 0.485 e. The van der Waals surface area contributed by atoms with Gasteiger partial charge in [0.05, 0.1) is 11.5 Å². The van der Waals surface area contributed by atoms with Crippen LogP contribution in [0.1, 0.15) is 30.4 Å². The minimum absolute atomic E-state index is 0.0285. The van der Waals surface area contributed by atoms with E-state index in [1.807, 2.05) is 0 Å². The summed E-state index contributed by atoms with van der Waals surface area (Å²) in [6.45, 7) is 4.09. The van der Waals surface area contributed by atoms with Crippen molar-refractivity contribution in [2.75, 3.05) is 26.2 Å². The molecule has 0 saturated carbocycles. The molecular formula is C15H19N3O3. The molecule has 2 aliphatic heterocycles. The van der Waals surface area contributed by atoms with E-state index in [9.17, 15) is 10.1 Å². The van der Waals surface area contributed by atoms with Crippen molar-refractivity contribution in [1.29, 1.82) is 0 Å². The number of fused-ring (bicyclic) bond motifs is 1. The van der Waals surface area contributed by atoms with Gasteiger partial charge in [-0.15, -0.1) is 0 Å². The van der Waals surface area contributed by atoms with E-state index in [-0.39, 0.29) is 10.6 Å². The molecule has 1 aromatic carbocycles. The van der Waals surface area contributed by atoms with E-state index in [1.54, 1.807) is 18.3 Å². The molecule has 0 amide bonds. The van der Waals surface area contributed by atoms with E-state index in [2.05, 4.69) is 9.89 Å². The number of aliphatic imine (C=N–C) groups is 1. The topological polar surface area (TPSA) is 68.0 Å². The van der Waals surface area contributed by atoms with Crippen molar-refractivity contribution in [2.24, 2.45) is 4.99 Å². The molecule has 0 aromatic heterocycles. The highest BCUT2D eigenvalue weighted by Gasteiger charge is 2.21. The molecule has 1 aromatic rings. The van der Waals surface area contributed by atoms with E-state index < -0.39 is 0 Å². The molecule has 0 atom stereocenters. The highest BCUT2D eigenvalue weighted by molar-refractivity contribution is 5.86. The minimum Gasteiger partial charge on any atom is -0.485 e. The molecule has 0 aliphatic carbocycles. The van der Waals surface area contributed by atoms with Crippen molar-refractivity contribution >= 4 is 11.9 Å². The number of nitro benzene ring substituents is 1. The summed E-state index contributed by atoms with van der Waals surface area (Å²) in [6, 6.07) is 3.32. The summed E-state index contributed by atoms with van der Waals surface area (Å²) in [5.41, 5.74) is 1.85. The van der Waals surface area contributed by atoms with Crippen LogP contribution in [-0.2, 0) is 6.54 Å². The molecule has 0 radical (unpaired) electrons. The third-order valence-corrected chi connectivity index (χ3v) is 4.02. The van der Waals surface area contributed by atoms with Crippen LogP contribution >= 0.6 is 0 Å². The van der Waals surface area contributed by atoms with Crippen molar-refractivity contribution in [1.82, 2.24) is 4.90 Å². The molecule has 1 fully saturated rings. The molecule has 6 nitrogen and oxygen atoms in total. The molecule has 21 heavy (non-hydrogen) atoms. The number of rotatable bonds is 5. The lowest BCUT2D eigenvalue weighted by molar-refractivity contribution is -0.385. The Morgan fingerprint density at radius 2 is 2.10 bits per heavy atom. The van der Waals surface area contributed by atoms with Crippen molar-refractivity contribution in [2.45, 2.75) is 25.8 Å². The van der Waals surface area contributed by atoms with Crippen LogP contribution in [0, 0.1) is 10.1 Å². The normalized spacial score (nSPS) is 17.7. The van der Waals surface area contributed by atoms with E-state index in [1.165, 1.54) is 19.3 Å². The van der Waals surface area contributed by atoms with Gasteiger partial charge in [0.25, 0.3) is 0 Å². The smallest absolute Gasteiger partial charge is 0.311 e. The summed E-state index contributed by atoms with van der Waals surface area (Å²) in [5, 5.41) is 11.2. The van der Waals surface area contributed by atoms with Gasteiger partial charge in [-0.2, -0.15) is 0 Å². The lowest BCUT2D eigenvalue weighted by Gasteiger charge is -2.26. The second kappa shape index (κ2) is 6.22. The van der Waals surface area contributed by atoms with Gasteiger partial charge in [0.2, 0.25) is 0 Å². The quantitative estimate of drug-likeness (QED) is 0.616. The Labute approximate surface area is 123 Å². The Morgan fingerprint density at radius 1 is 1.29 bits per heavy atom. The predicted octanol–water partition coefficient (Wildman–Crippen LogP) is 2.39. The maximum atomic E-state index is 11.2. The number of benzene rings is 1. The Bertz CT molecular complexity index is 566. The van der Waals surface area contributed by atoms with Crippen LogP contribution in [0.2, 0.25) is 0 Å². The summed E-state index contributed by atoms with van der Waals surface area (Å²) in [5.74, 6) is 0.362. The molecular weight excluding hydrogens is 270 g/mol. The van der Waals surface area contributed by atoms with Crippen LogP contribution in [0.3, 0.4) is 0 Å². The third kappa shape index (κ3) is 3.21. The van der Waals surface area contributed by atoms with Gasteiger partial charge in [-0.05, 0) is 37.6 Å². The zero-order valence-corrected chi connectivity index (χ0v) is 12.0. The molecule has 2 aliphatic rings. The van der Waals surface area contributed by atoms with Crippen molar-refractivity contribution in [3.05, 3.63) is 33.4 Å². The summed E-state index contributed by atoms with van der Waals surface area (Å²) >= 11 is 0. The number of ether oxygens (including phenoxy) is 1.